The van der Waals surface area contributed by atoms with Gasteiger partial charge in [0, 0.05) is 13.0 Å². The topological polar surface area (TPSA) is 70.8 Å². The zero-order valence-corrected chi connectivity index (χ0v) is 15.3. The molecule has 0 unspecified atom stereocenters. The molecule has 0 spiro atoms. The predicted octanol–water partition coefficient (Wildman–Crippen LogP) is 3.60. The van der Waals surface area contributed by atoms with Gasteiger partial charge in [0.25, 0.3) is 0 Å². The smallest absolute Gasteiger partial charge is 0.389 e. The number of cyclic esters (lactones) is 1. The molecule has 0 aliphatic carbocycles. The summed E-state index contributed by atoms with van der Waals surface area (Å²) in [6, 6.07) is 8.34. The Balaban J connectivity index is 2.09. The number of para-hydroxylation sites is 1. The Labute approximate surface area is 157 Å². The highest BCUT2D eigenvalue weighted by Gasteiger charge is 2.35. The van der Waals surface area contributed by atoms with Crippen LogP contribution in [0.4, 0.5) is 13.2 Å². The summed E-state index contributed by atoms with van der Waals surface area (Å²) in [6.45, 7) is 1.54. The summed E-state index contributed by atoms with van der Waals surface area (Å²) >= 11 is 0. The normalized spacial score (nSPS) is 27.2. The first-order valence-electron chi connectivity index (χ1n) is 9.12. The van der Waals surface area contributed by atoms with Crippen LogP contribution in [0.2, 0.25) is 0 Å². The van der Waals surface area contributed by atoms with Crippen LogP contribution >= 0.6 is 0 Å². The molecule has 2 N–H and O–H groups in total. The van der Waals surface area contributed by atoms with Crippen LogP contribution in [0.15, 0.2) is 30.3 Å². The molecule has 1 aliphatic rings. The number of carbonyl (C=O) groups is 1. The highest BCUT2D eigenvalue weighted by atomic mass is 19.4. The number of hydrogen-bond donors (Lipinski definition) is 1. The van der Waals surface area contributed by atoms with Crippen LogP contribution in [0.5, 0.6) is 5.75 Å². The van der Waals surface area contributed by atoms with E-state index >= 15 is 0 Å². The van der Waals surface area contributed by atoms with E-state index in [-0.39, 0.29) is 13.0 Å². The van der Waals surface area contributed by atoms with Gasteiger partial charge >= 0.3 is 12.1 Å². The average Bonchev–Trinajstić information content (AvgIpc) is 2.64. The van der Waals surface area contributed by atoms with Crippen molar-refractivity contribution >= 4 is 5.97 Å². The quantitative estimate of drug-likeness (QED) is 0.595. The van der Waals surface area contributed by atoms with E-state index < -0.39 is 42.9 Å². The third kappa shape index (κ3) is 7.38. The fraction of sp³-hybridized carbons (Fsp3) is 0.632. The lowest BCUT2D eigenvalue weighted by atomic mass is 10.0. The van der Waals surface area contributed by atoms with E-state index in [0.29, 0.717) is 25.0 Å². The van der Waals surface area contributed by atoms with E-state index in [0.717, 1.165) is 0 Å². The Morgan fingerprint density at radius 1 is 1.22 bits per heavy atom. The largest absolute Gasteiger partial charge is 0.488 e. The van der Waals surface area contributed by atoms with Gasteiger partial charge in [0.2, 0.25) is 0 Å². The molecule has 1 heterocycles. The third-order valence-corrected chi connectivity index (χ3v) is 4.38. The summed E-state index contributed by atoms with van der Waals surface area (Å²) in [5.74, 6) is 0.0835. The highest BCUT2D eigenvalue weighted by Crippen LogP contribution is 2.25. The lowest BCUT2D eigenvalue weighted by Crippen LogP contribution is -2.44. The number of halogens is 3. The highest BCUT2D eigenvalue weighted by molar-refractivity contribution is 5.75. The second-order valence-corrected chi connectivity index (χ2v) is 6.70. The minimum absolute atomic E-state index is 0.104. The first-order valence-corrected chi connectivity index (χ1v) is 9.12. The van der Waals surface area contributed by atoms with Crippen LogP contribution in [0.25, 0.3) is 0 Å². The van der Waals surface area contributed by atoms with Gasteiger partial charge in [-0.3, -0.25) is 4.79 Å². The standard InChI is InChI=1S/C19H26F3NO4/c1-13-17(25-12-6-11-19(20,21)22)16(27-14-7-3-2-4-8-14)10-5-9-15(23)18(24)26-13/h2-4,7-8,13,15-17H,5-6,9-12,23H2,1H3/t13-,15-,16-,17-/m0/s1. The molecular weight excluding hydrogens is 363 g/mol. The van der Waals surface area contributed by atoms with Gasteiger partial charge in [-0.1, -0.05) is 18.2 Å². The lowest BCUT2D eigenvalue weighted by Gasteiger charge is -2.31. The molecule has 2 rings (SSSR count). The summed E-state index contributed by atoms with van der Waals surface area (Å²) in [7, 11) is 0. The third-order valence-electron chi connectivity index (χ3n) is 4.38. The number of benzene rings is 1. The second kappa shape index (κ2) is 9.94. The van der Waals surface area contributed by atoms with Crippen molar-refractivity contribution in [3.63, 3.8) is 0 Å². The number of rotatable bonds is 6. The first-order chi connectivity index (χ1) is 12.8. The van der Waals surface area contributed by atoms with E-state index in [1.54, 1.807) is 19.1 Å². The summed E-state index contributed by atoms with van der Waals surface area (Å²) in [5.41, 5.74) is 5.81. The predicted molar refractivity (Wildman–Crippen MR) is 93.3 cm³/mol. The maximum atomic E-state index is 12.4. The van der Waals surface area contributed by atoms with Gasteiger partial charge < -0.3 is 19.9 Å². The maximum absolute atomic E-state index is 12.4. The SMILES string of the molecule is C[C@@H]1OC(=O)[C@@H](N)CCC[C@H](Oc2ccccc2)[C@H]1OCCCC(F)(F)F. The van der Waals surface area contributed by atoms with Crippen LogP contribution in [-0.2, 0) is 14.3 Å². The Hall–Kier alpha value is -1.80. The van der Waals surface area contributed by atoms with Crippen molar-refractivity contribution in [1.29, 1.82) is 0 Å². The Kier molecular flexibility index (Phi) is 7.91. The van der Waals surface area contributed by atoms with E-state index in [9.17, 15) is 18.0 Å². The zero-order valence-electron chi connectivity index (χ0n) is 15.3. The summed E-state index contributed by atoms with van der Waals surface area (Å²) in [6.07, 6.45) is -5.56. The Bertz CT molecular complexity index is 582. The number of carbonyl (C=O) groups excluding carboxylic acids is 1. The monoisotopic (exact) mass is 389 g/mol. The number of ether oxygens (including phenoxy) is 3. The van der Waals surface area contributed by atoms with Gasteiger partial charge in [-0.2, -0.15) is 13.2 Å². The van der Waals surface area contributed by atoms with Crippen LogP contribution in [0.3, 0.4) is 0 Å². The molecular formula is C19H26F3NO4. The van der Waals surface area contributed by atoms with Crippen LogP contribution in [0.1, 0.15) is 39.0 Å². The van der Waals surface area contributed by atoms with E-state index in [4.69, 9.17) is 19.9 Å². The van der Waals surface area contributed by atoms with Gasteiger partial charge in [0.1, 0.15) is 30.1 Å². The van der Waals surface area contributed by atoms with Gasteiger partial charge in [0.15, 0.2) is 0 Å². The van der Waals surface area contributed by atoms with E-state index in [2.05, 4.69) is 0 Å². The molecule has 1 saturated heterocycles. The number of hydrogen-bond acceptors (Lipinski definition) is 5. The minimum atomic E-state index is -4.23. The van der Waals surface area contributed by atoms with Crippen molar-refractivity contribution in [2.45, 2.75) is 69.6 Å². The van der Waals surface area contributed by atoms with Gasteiger partial charge in [-0.25, -0.2) is 0 Å². The van der Waals surface area contributed by atoms with Gasteiger partial charge in [0.05, 0.1) is 0 Å². The molecule has 8 heteroatoms. The molecule has 152 valence electrons. The molecule has 1 aliphatic heterocycles. The molecule has 1 aromatic rings. The first kappa shape index (κ1) is 21.5. The second-order valence-electron chi connectivity index (χ2n) is 6.70. The van der Waals surface area contributed by atoms with Crippen LogP contribution in [-0.4, -0.2) is 43.1 Å². The fourth-order valence-electron chi connectivity index (χ4n) is 3.00. The molecule has 4 atom stereocenters. The van der Waals surface area contributed by atoms with Crippen molar-refractivity contribution in [1.82, 2.24) is 0 Å². The van der Waals surface area contributed by atoms with E-state index in [1.165, 1.54) is 0 Å². The van der Waals surface area contributed by atoms with Crippen LogP contribution in [0, 0.1) is 0 Å². The summed E-state index contributed by atoms with van der Waals surface area (Å²) in [4.78, 5) is 12.0. The molecule has 0 saturated carbocycles. The van der Waals surface area contributed by atoms with Gasteiger partial charge in [-0.05, 0) is 44.7 Å². The molecule has 1 aromatic carbocycles. The van der Waals surface area contributed by atoms with Gasteiger partial charge in [-0.15, -0.1) is 0 Å². The van der Waals surface area contributed by atoms with Crippen molar-refractivity contribution in [2.24, 2.45) is 5.73 Å². The lowest BCUT2D eigenvalue weighted by molar-refractivity contribution is -0.164. The number of nitrogens with two attached hydrogens (primary N) is 1. The Morgan fingerprint density at radius 3 is 2.59 bits per heavy atom. The zero-order chi connectivity index (χ0) is 19.9. The molecule has 1 fully saturated rings. The molecule has 0 bridgehead atoms. The minimum Gasteiger partial charge on any atom is -0.488 e. The van der Waals surface area contributed by atoms with Crippen LogP contribution < -0.4 is 10.5 Å². The summed E-state index contributed by atoms with van der Waals surface area (Å²) < 4.78 is 54.2. The summed E-state index contributed by atoms with van der Waals surface area (Å²) in [5, 5.41) is 0. The molecule has 0 amide bonds. The van der Waals surface area contributed by atoms with E-state index in [1.807, 2.05) is 18.2 Å². The molecule has 0 aromatic heterocycles. The van der Waals surface area contributed by atoms with Crippen molar-refractivity contribution in [2.75, 3.05) is 6.61 Å². The number of alkyl halides is 3. The maximum Gasteiger partial charge on any atom is 0.389 e. The molecule has 27 heavy (non-hydrogen) atoms. The Morgan fingerprint density at radius 2 is 1.93 bits per heavy atom. The van der Waals surface area contributed by atoms with Crippen molar-refractivity contribution in [3.8, 4) is 5.75 Å². The fourth-order valence-corrected chi connectivity index (χ4v) is 3.00. The number of esters is 1. The molecule has 5 nitrogen and oxygen atoms in total. The van der Waals surface area contributed by atoms with Crippen molar-refractivity contribution < 1.29 is 32.2 Å². The average molecular weight is 389 g/mol. The molecule has 0 radical (unpaired) electrons. The van der Waals surface area contributed by atoms with Crippen molar-refractivity contribution in [3.05, 3.63) is 30.3 Å².